The van der Waals surface area contributed by atoms with E-state index in [9.17, 15) is 9.59 Å². The second-order valence-electron chi connectivity index (χ2n) is 5.01. The third-order valence-electron chi connectivity index (χ3n) is 3.52. The highest BCUT2D eigenvalue weighted by atomic mass is 16.2. The summed E-state index contributed by atoms with van der Waals surface area (Å²) in [4.78, 5) is 25.2. The molecule has 21 heavy (non-hydrogen) atoms. The van der Waals surface area contributed by atoms with Crippen LogP contribution in [-0.2, 0) is 4.79 Å². The van der Waals surface area contributed by atoms with Gasteiger partial charge in [-0.05, 0) is 37.3 Å². The van der Waals surface area contributed by atoms with Crippen molar-refractivity contribution in [2.24, 2.45) is 0 Å². The molecule has 0 spiro atoms. The maximum atomic E-state index is 12.3. The van der Waals surface area contributed by atoms with Crippen LogP contribution >= 0.6 is 0 Å². The third kappa shape index (κ3) is 2.65. The van der Waals surface area contributed by atoms with Crippen molar-refractivity contribution < 1.29 is 9.59 Å². The largest absolute Gasteiger partial charge is 0.353 e. The predicted octanol–water partition coefficient (Wildman–Crippen LogP) is 0.753. The summed E-state index contributed by atoms with van der Waals surface area (Å²) in [6, 6.07) is 9.18. The second kappa shape index (κ2) is 5.40. The molecule has 1 fully saturated rings. The van der Waals surface area contributed by atoms with Crippen LogP contribution in [0.2, 0.25) is 0 Å². The fourth-order valence-corrected chi connectivity index (χ4v) is 2.38. The van der Waals surface area contributed by atoms with Crippen LogP contribution in [0.25, 0.3) is 5.69 Å². The first-order valence-corrected chi connectivity index (χ1v) is 6.82. The quantitative estimate of drug-likeness (QED) is 0.885. The summed E-state index contributed by atoms with van der Waals surface area (Å²) in [5.74, 6) is -0.230. The minimum atomic E-state index is -0.117. The summed E-state index contributed by atoms with van der Waals surface area (Å²) < 4.78 is 1.81. The van der Waals surface area contributed by atoms with Crippen LogP contribution in [0.5, 0.6) is 0 Å². The number of benzene rings is 1. The van der Waals surface area contributed by atoms with Crippen LogP contribution in [0.4, 0.5) is 0 Å². The maximum Gasteiger partial charge on any atom is 0.254 e. The van der Waals surface area contributed by atoms with Crippen LogP contribution in [0.3, 0.4) is 0 Å². The lowest BCUT2D eigenvalue weighted by atomic mass is 10.1. The molecule has 2 aromatic rings. The van der Waals surface area contributed by atoms with E-state index in [4.69, 9.17) is 0 Å². The molecular weight excluding hydrogens is 268 g/mol. The van der Waals surface area contributed by atoms with E-state index in [1.54, 1.807) is 23.2 Å². The summed E-state index contributed by atoms with van der Waals surface area (Å²) in [5, 5.41) is 6.94. The average molecular weight is 284 g/mol. The first-order valence-electron chi connectivity index (χ1n) is 6.82. The van der Waals surface area contributed by atoms with Crippen LogP contribution in [0.15, 0.2) is 36.5 Å². The summed E-state index contributed by atoms with van der Waals surface area (Å²) >= 11 is 0. The SMILES string of the molecule is Cc1ccnn1-c1ccc(C(=O)N2CCNC(=O)C2)cc1. The molecule has 0 radical (unpaired) electrons. The molecule has 6 nitrogen and oxygen atoms in total. The van der Waals surface area contributed by atoms with Gasteiger partial charge in [0, 0.05) is 30.5 Å². The number of carbonyl (C=O) groups is 2. The number of aromatic nitrogens is 2. The van der Waals surface area contributed by atoms with E-state index < -0.39 is 0 Å². The van der Waals surface area contributed by atoms with Crippen LogP contribution in [-0.4, -0.2) is 46.1 Å². The van der Waals surface area contributed by atoms with Crippen molar-refractivity contribution in [2.45, 2.75) is 6.92 Å². The Balaban J connectivity index is 1.79. The molecule has 1 aliphatic rings. The zero-order chi connectivity index (χ0) is 14.8. The Morgan fingerprint density at radius 1 is 1.24 bits per heavy atom. The molecule has 2 heterocycles. The molecule has 2 amide bonds. The summed E-state index contributed by atoms with van der Waals surface area (Å²) in [7, 11) is 0. The van der Waals surface area contributed by atoms with Gasteiger partial charge in [-0.2, -0.15) is 5.10 Å². The molecule has 0 aliphatic carbocycles. The molecule has 0 atom stereocenters. The Morgan fingerprint density at radius 2 is 2.00 bits per heavy atom. The first-order chi connectivity index (χ1) is 10.1. The van der Waals surface area contributed by atoms with Crippen LogP contribution < -0.4 is 5.32 Å². The standard InChI is InChI=1S/C15H16N4O2/c1-11-6-7-17-19(11)13-4-2-12(3-5-13)15(21)18-9-8-16-14(20)10-18/h2-7H,8-10H2,1H3,(H,16,20). The van der Waals surface area contributed by atoms with Gasteiger partial charge < -0.3 is 10.2 Å². The Morgan fingerprint density at radius 3 is 2.62 bits per heavy atom. The van der Waals surface area contributed by atoms with Crippen molar-refractivity contribution in [2.75, 3.05) is 19.6 Å². The summed E-state index contributed by atoms with van der Waals surface area (Å²) in [6.07, 6.45) is 1.74. The van der Waals surface area contributed by atoms with E-state index in [0.29, 0.717) is 18.7 Å². The van der Waals surface area contributed by atoms with E-state index in [0.717, 1.165) is 11.4 Å². The molecular formula is C15H16N4O2. The molecule has 0 saturated carbocycles. The summed E-state index contributed by atoms with van der Waals surface area (Å²) in [5.41, 5.74) is 2.52. The average Bonchev–Trinajstić information content (AvgIpc) is 2.93. The Hall–Kier alpha value is -2.63. The van der Waals surface area contributed by atoms with Crippen LogP contribution in [0, 0.1) is 6.92 Å². The van der Waals surface area contributed by atoms with Gasteiger partial charge in [0.25, 0.3) is 5.91 Å². The molecule has 3 rings (SSSR count). The van der Waals surface area contributed by atoms with Crippen molar-refractivity contribution in [3.05, 3.63) is 47.8 Å². The van der Waals surface area contributed by atoms with E-state index in [1.165, 1.54) is 0 Å². The molecule has 0 bridgehead atoms. The molecule has 1 aromatic heterocycles. The van der Waals surface area contributed by atoms with Crippen molar-refractivity contribution in [3.8, 4) is 5.69 Å². The topological polar surface area (TPSA) is 67.2 Å². The van der Waals surface area contributed by atoms with E-state index in [-0.39, 0.29) is 18.4 Å². The number of hydrogen-bond donors (Lipinski definition) is 1. The molecule has 1 aliphatic heterocycles. The first kappa shape index (κ1) is 13.4. The van der Waals surface area contributed by atoms with Gasteiger partial charge in [0.15, 0.2) is 0 Å². The fourth-order valence-electron chi connectivity index (χ4n) is 2.38. The van der Waals surface area contributed by atoms with Gasteiger partial charge in [-0.3, -0.25) is 9.59 Å². The number of hydrogen-bond acceptors (Lipinski definition) is 3. The van der Waals surface area contributed by atoms with Crippen molar-refractivity contribution in [1.82, 2.24) is 20.0 Å². The molecule has 108 valence electrons. The molecule has 1 aromatic carbocycles. The third-order valence-corrected chi connectivity index (χ3v) is 3.52. The van der Waals surface area contributed by atoms with E-state index >= 15 is 0 Å². The van der Waals surface area contributed by atoms with Gasteiger partial charge in [0.2, 0.25) is 5.91 Å². The molecule has 6 heteroatoms. The Labute approximate surface area is 122 Å². The lowest BCUT2D eigenvalue weighted by Crippen LogP contribution is -2.49. The highest BCUT2D eigenvalue weighted by Crippen LogP contribution is 2.13. The van der Waals surface area contributed by atoms with Gasteiger partial charge in [-0.15, -0.1) is 0 Å². The number of amides is 2. The predicted molar refractivity (Wildman–Crippen MR) is 77.2 cm³/mol. The monoisotopic (exact) mass is 284 g/mol. The Kier molecular flexibility index (Phi) is 3.43. The van der Waals surface area contributed by atoms with Crippen LogP contribution in [0.1, 0.15) is 16.1 Å². The number of carbonyl (C=O) groups excluding carboxylic acids is 2. The molecule has 1 saturated heterocycles. The Bertz CT molecular complexity index is 675. The minimum Gasteiger partial charge on any atom is -0.353 e. The van der Waals surface area contributed by atoms with E-state index in [1.807, 2.05) is 29.8 Å². The highest BCUT2D eigenvalue weighted by Gasteiger charge is 2.22. The van der Waals surface area contributed by atoms with Gasteiger partial charge in [-0.1, -0.05) is 0 Å². The number of aryl methyl sites for hydroxylation is 1. The highest BCUT2D eigenvalue weighted by molar-refractivity contribution is 5.97. The van der Waals surface area contributed by atoms with Crippen molar-refractivity contribution in [1.29, 1.82) is 0 Å². The number of piperazine rings is 1. The van der Waals surface area contributed by atoms with Gasteiger partial charge >= 0.3 is 0 Å². The normalized spacial score (nSPS) is 14.9. The molecule has 0 unspecified atom stereocenters. The van der Waals surface area contributed by atoms with Crippen molar-refractivity contribution in [3.63, 3.8) is 0 Å². The summed E-state index contributed by atoms with van der Waals surface area (Å²) in [6.45, 7) is 3.15. The van der Waals surface area contributed by atoms with Crippen molar-refractivity contribution >= 4 is 11.8 Å². The van der Waals surface area contributed by atoms with Gasteiger partial charge in [0.1, 0.15) is 0 Å². The number of nitrogens with zero attached hydrogens (tertiary/aromatic N) is 3. The maximum absolute atomic E-state index is 12.3. The fraction of sp³-hybridized carbons (Fsp3) is 0.267. The second-order valence-corrected chi connectivity index (χ2v) is 5.01. The molecule has 1 N–H and O–H groups in total. The lowest BCUT2D eigenvalue weighted by Gasteiger charge is -2.26. The number of rotatable bonds is 2. The number of nitrogens with one attached hydrogen (secondary N) is 1. The van der Waals surface area contributed by atoms with Gasteiger partial charge in [-0.25, -0.2) is 4.68 Å². The zero-order valence-corrected chi connectivity index (χ0v) is 11.7. The van der Waals surface area contributed by atoms with E-state index in [2.05, 4.69) is 10.4 Å². The lowest BCUT2D eigenvalue weighted by molar-refractivity contribution is -0.123. The smallest absolute Gasteiger partial charge is 0.254 e. The zero-order valence-electron chi connectivity index (χ0n) is 11.7. The minimum absolute atomic E-state index is 0.113. The van der Waals surface area contributed by atoms with Gasteiger partial charge in [0.05, 0.1) is 12.2 Å².